The minimum absolute atomic E-state index is 0.0488. The highest BCUT2D eigenvalue weighted by Crippen LogP contribution is 2.43. The van der Waals surface area contributed by atoms with Crippen LogP contribution in [0.3, 0.4) is 0 Å². The molecule has 144 valence electrons. The second-order valence-electron chi connectivity index (χ2n) is 7.28. The Labute approximate surface area is 167 Å². The molecule has 1 aliphatic carbocycles. The van der Waals surface area contributed by atoms with E-state index in [0.29, 0.717) is 11.4 Å². The molecule has 0 aliphatic heterocycles. The molecule has 6 nitrogen and oxygen atoms in total. The topological polar surface area (TPSA) is 84.0 Å². The average molecular weight is 407 g/mol. The summed E-state index contributed by atoms with van der Waals surface area (Å²) in [6, 6.07) is 10.1. The van der Waals surface area contributed by atoms with Crippen LogP contribution in [-0.2, 0) is 10.2 Å². The summed E-state index contributed by atoms with van der Waals surface area (Å²) in [7, 11) is 0. The smallest absolute Gasteiger partial charge is 0.265 e. The van der Waals surface area contributed by atoms with Gasteiger partial charge in [0.05, 0.1) is 5.69 Å². The zero-order valence-corrected chi connectivity index (χ0v) is 16.9. The van der Waals surface area contributed by atoms with E-state index in [1.165, 1.54) is 0 Å². The van der Waals surface area contributed by atoms with Crippen molar-refractivity contribution in [2.45, 2.75) is 44.1 Å². The molecular formula is C19H23ClN4O2S. The Hall–Kier alpha value is -1.99. The maximum absolute atomic E-state index is 12.6. The number of hydrogen-bond donors (Lipinski definition) is 2. The number of carbonyl (C=O) groups excluding carboxylic acids is 2. The fraction of sp³-hybridized carbons (Fsp3) is 0.474. The molecule has 0 saturated heterocycles. The summed E-state index contributed by atoms with van der Waals surface area (Å²) >= 11 is 6.73. The summed E-state index contributed by atoms with van der Waals surface area (Å²) in [5, 5.41) is 10.1. The van der Waals surface area contributed by atoms with E-state index in [2.05, 4.69) is 32.4 Å². The summed E-state index contributed by atoms with van der Waals surface area (Å²) in [6.07, 6.45) is 1.52. The molecule has 1 aromatic carbocycles. The molecule has 0 bridgehead atoms. The van der Waals surface area contributed by atoms with E-state index in [9.17, 15) is 9.59 Å². The van der Waals surface area contributed by atoms with Crippen LogP contribution in [0.25, 0.3) is 0 Å². The predicted octanol–water partition coefficient (Wildman–Crippen LogP) is 2.85. The third kappa shape index (κ3) is 4.30. The number of benzene rings is 1. The van der Waals surface area contributed by atoms with Gasteiger partial charge < -0.3 is 10.6 Å². The van der Waals surface area contributed by atoms with Crippen LogP contribution in [0.2, 0.25) is 0 Å². The van der Waals surface area contributed by atoms with Crippen LogP contribution < -0.4 is 10.6 Å². The third-order valence-electron chi connectivity index (χ3n) is 5.01. The molecule has 1 fully saturated rings. The number of alkyl halides is 1. The van der Waals surface area contributed by atoms with Crippen molar-refractivity contribution in [3.8, 4) is 0 Å². The fourth-order valence-corrected chi connectivity index (χ4v) is 4.38. The highest BCUT2D eigenvalue weighted by atomic mass is 35.5. The van der Waals surface area contributed by atoms with Crippen LogP contribution in [0.15, 0.2) is 30.3 Å². The average Bonchev–Trinajstić information content (AvgIpc) is 3.14. The fourth-order valence-electron chi connectivity index (χ4n) is 3.56. The normalized spacial score (nSPS) is 21.6. The van der Waals surface area contributed by atoms with Gasteiger partial charge in [0.1, 0.15) is 10.8 Å². The van der Waals surface area contributed by atoms with Gasteiger partial charge in [-0.25, -0.2) is 0 Å². The van der Waals surface area contributed by atoms with Gasteiger partial charge in [-0.15, -0.1) is 16.7 Å². The number of aromatic nitrogens is 2. The first kappa shape index (κ1) is 19.8. The summed E-state index contributed by atoms with van der Waals surface area (Å²) in [6.45, 7) is 4.50. The Balaban J connectivity index is 1.68. The predicted molar refractivity (Wildman–Crippen MR) is 106 cm³/mol. The van der Waals surface area contributed by atoms with Crippen molar-refractivity contribution >= 4 is 34.9 Å². The number of carbonyl (C=O) groups is 2. The van der Waals surface area contributed by atoms with Gasteiger partial charge in [0.2, 0.25) is 5.91 Å². The zero-order valence-electron chi connectivity index (χ0n) is 15.4. The van der Waals surface area contributed by atoms with Crippen molar-refractivity contribution in [2.24, 2.45) is 0 Å². The van der Waals surface area contributed by atoms with Gasteiger partial charge in [-0.3, -0.25) is 9.59 Å². The Morgan fingerprint density at radius 2 is 2.00 bits per heavy atom. The van der Waals surface area contributed by atoms with Crippen molar-refractivity contribution < 1.29 is 9.59 Å². The van der Waals surface area contributed by atoms with Gasteiger partial charge >= 0.3 is 0 Å². The first-order valence-corrected chi connectivity index (χ1v) is 10.3. The summed E-state index contributed by atoms with van der Waals surface area (Å²) in [5.41, 5.74) is 1.71. The molecule has 2 aromatic rings. The molecule has 0 unspecified atom stereocenters. The van der Waals surface area contributed by atoms with E-state index in [1.807, 2.05) is 32.0 Å². The van der Waals surface area contributed by atoms with Crippen molar-refractivity contribution in [1.29, 1.82) is 0 Å². The van der Waals surface area contributed by atoms with Crippen molar-refractivity contribution in [1.82, 2.24) is 20.2 Å². The summed E-state index contributed by atoms with van der Waals surface area (Å²) in [4.78, 5) is 24.8. The molecule has 8 heteroatoms. The van der Waals surface area contributed by atoms with Crippen LogP contribution in [-0.4, -0.2) is 39.9 Å². The van der Waals surface area contributed by atoms with E-state index in [-0.39, 0.29) is 35.1 Å². The lowest BCUT2D eigenvalue weighted by molar-refractivity contribution is -0.119. The molecule has 3 rings (SSSR count). The largest absolute Gasteiger partial charge is 0.354 e. The second kappa shape index (κ2) is 8.35. The van der Waals surface area contributed by atoms with E-state index >= 15 is 0 Å². The molecular weight excluding hydrogens is 384 g/mol. The Morgan fingerprint density at radius 1 is 1.30 bits per heavy atom. The number of amides is 2. The van der Waals surface area contributed by atoms with Gasteiger partial charge in [-0.05, 0) is 35.9 Å². The molecule has 0 radical (unpaired) electrons. The number of nitrogens with one attached hydrogen (secondary N) is 2. The van der Waals surface area contributed by atoms with Crippen LogP contribution in [0.4, 0.5) is 0 Å². The number of halogens is 1. The third-order valence-corrected chi connectivity index (χ3v) is 5.99. The monoisotopic (exact) mass is 406 g/mol. The minimum Gasteiger partial charge on any atom is -0.354 e. The Kier molecular flexibility index (Phi) is 6.11. The highest BCUT2D eigenvalue weighted by Gasteiger charge is 2.46. The molecule has 1 heterocycles. The molecule has 2 N–H and O–H groups in total. The minimum atomic E-state index is -0.187. The molecule has 1 aliphatic rings. The number of nitrogens with zero attached hydrogens (tertiary/aromatic N) is 2. The first-order chi connectivity index (χ1) is 12.9. The van der Waals surface area contributed by atoms with Gasteiger partial charge in [0, 0.05) is 18.0 Å². The SMILES string of the molecule is CC(C)c1nnsc1C(=O)NC1CC(CNC(=O)CCl)(c2ccccc2)C1. The number of hydrogen-bond acceptors (Lipinski definition) is 5. The lowest BCUT2D eigenvalue weighted by Crippen LogP contribution is -2.57. The molecule has 1 aromatic heterocycles. The molecule has 27 heavy (non-hydrogen) atoms. The van der Waals surface area contributed by atoms with Crippen molar-refractivity contribution in [3.63, 3.8) is 0 Å². The van der Waals surface area contributed by atoms with Gasteiger partial charge in [0.15, 0.2) is 0 Å². The van der Waals surface area contributed by atoms with Crippen LogP contribution in [0.1, 0.15) is 53.5 Å². The Bertz CT molecular complexity index is 803. The lowest BCUT2D eigenvalue weighted by atomic mass is 9.61. The lowest BCUT2D eigenvalue weighted by Gasteiger charge is -2.48. The van der Waals surface area contributed by atoms with E-state index in [0.717, 1.165) is 35.6 Å². The maximum atomic E-state index is 12.6. The van der Waals surface area contributed by atoms with Gasteiger partial charge in [0.25, 0.3) is 5.91 Å². The second-order valence-corrected chi connectivity index (χ2v) is 8.30. The van der Waals surface area contributed by atoms with E-state index < -0.39 is 0 Å². The van der Waals surface area contributed by atoms with Crippen LogP contribution in [0.5, 0.6) is 0 Å². The van der Waals surface area contributed by atoms with Gasteiger partial charge in [-0.1, -0.05) is 48.7 Å². The van der Waals surface area contributed by atoms with Gasteiger partial charge in [-0.2, -0.15) is 0 Å². The standard InChI is InChI=1S/C19H23ClN4O2S/c1-12(2)16-17(27-24-23-16)18(26)22-14-8-19(9-14,11-21-15(25)10-20)13-6-4-3-5-7-13/h3-7,12,14H,8-11H2,1-2H3,(H,21,25)(H,22,26). The maximum Gasteiger partial charge on any atom is 0.265 e. The first-order valence-electron chi connectivity index (χ1n) is 8.96. The highest BCUT2D eigenvalue weighted by molar-refractivity contribution is 7.08. The molecule has 0 atom stereocenters. The number of rotatable bonds is 7. The van der Waals surface area contributed by atoms with Crippen molar-refractivity contribution in [2.75, 3.05) is 12.4 Å². The zero-order chi connectivity index (χ0) is 19.4. The molecule has 2 amide bonds. The summed E-state index contributed by atoms with van der Waals surface area (Å²) < 4.78 is 3.92. The Morgan fingerprint density at radius 3 is 2.63 bits per heavy atom. The van der Waals surface area contributed by atoms with Crippen molar-refractivity contribution in [3.05, 3.63) is 46.5 Å². The summed E-state index contributed by atoms with van der Waals surface area (Å²) in [5.74, 6) is -0.205. The molecule has 0 spiro atoms. The van der Waals surface area contributed by atoms with E-state index in [1.54, 1.807) is 0 Å². The molecule has 1 saturated carbocycles. The van der Waals surface area contributed by atoms with Crippen LogP contribution in [0, 0.1) is 0 Å². The van der Waals surface area contributed by atoms with Crippen LogP contribution >= 0.6 is 23.1 Å². The van der Waals surface area contributed by atoms with E-state index in [4.69, 9.17) is 11.6 Å². The quantitative estimate of drug-likeness (QED) is 0.692.